The number of pyridine rings is 1. The maximum atomic E-state index is 7.23. The number of benzene rings is 9. The summed E-state index contributed by atoms with van der Waals surface area (Å²) in [5.41, 5.74) is 14.5. The standard InChI is InChI=1S/C48H31N2O.C12H10N.Ir/c1-31-26-40(32-12-4-2-5-13-32)47(41(27-31)33-14-6-3-7-15-33)50-45-19-11-10-18-44(45)49-48(50)43-30-51-46-25-24-37(29-42(43)46)36-23-22-35-21-20-34-16-8-9-17-38(34)39(35)28-36;1-10-7-8-12(13-9-10)11-5-3-2-4-6-11;/h2-29H,1H3;2-5,7-9H,1H3;/q2*-1;/i;1D3;. The molecule has 65 heavy (non-hydrogen) atoms. The number of furan rings is 1. The van der Waals surface area contributed by atoms with Crippen molar-refractivity contribution in [3.63, 3.8) is 0 Å². The first-order valence-corrected chi connectivity index (χ1v) is 21.3. The van der Waals surface area contributed by atoms with Gasteiger partial charge in [-0.2, -0.15) is 0 Å². The van der Waals surface area contributed by atoms with Crippen LogP contribution in [0.1, 0.15) is 15.2 Å². The molecule has 0 amide bonds. The number of aromatic nitrogens is 3. The fraction of sp³-hybridized carbons (Fsp3) is 0.0333. The number of nitrogens with zero attached hydrogens (tertiary/aromatic N) is 3. The van der Waals surface area contributed by atoms with E-state index >= 15 is 0 Å². The van der Waals surface area contributed by atoms with Crippen molar-refractivity contribution in [2.45, 2.75) is 13.8 Å². The molecule has 0 aliphatic carbocycles. The first-order valence-electron chi connectivity index (χ1n) is 22.8. The Balaban J connectivity index is 0.000000270. The summed E-state index contributed by atoms with van der Waals surface area (Å²) in [6.45, 7) is 0.0794. The predicted molar refractivity (Wildman–Crippen MR) is 264 cm³/mol. The summed E-state index contributed by atoms with van der Waals surface area (Å²) in [6.07, 6.45) is 4.70. The zero-order valence-electron chi connectivity index (χ0n) is 38.3. The van der Waals surface area contributed by atoms with E-state index in [1.807, 2.05) is 24.3 Å². The van der Waals surface area contributed by atoms with Crippen LogP contribution in [-0.2, 0) is 20.1 Å². The van der Waals surface area contributed by atoms with Crippen LogP contribution in [-0.4, -0.2) is 14.5 Å². The Bertz CT molecular complexity index is 3670. The molecule has 0 bridgehead atoms. The van der Waals surface area contributed by atoms with E-state index in [2.05, 4.69) is 193 Å². The molecule has 1 radical (unpaired) electrons. The van der Waals surface area contributed by atoms with Gasteiger partial charge in [-0.05, 0) is 105 Å². The average molecular weight is 1020 g/mol. The monoisotopic (exact) mass is 1020 g/mol. The van der Waals surface area contributed by atoms with Gasteiger partial charge in [-0.1, -0.05) is 163 Å². The Morgan fingerprint density at radius 2 is 1.20 bits per heavy atom. The molecular formula is C60H41IrN3O-2. The zero-order valence-corrected chi connectivity index (χ0v) is 37.7. The largest absolute Gasteiger partial charge is 0.557 e. The smallest absolute Gasteiger partial charge is 0.0774 e. The van der Waals surface area contributed by atoms with E-state index in [9.17, 15) is 0 Å². The molecule has 0 unspecified atom stereocenters. The van der Waals surface area contributed by atoms with Crippen molar-refractivity contribution in [2.75, 3.05) is 0 Å². The molecule has 0 fully saturated rings. The summed E-state index contributed by atoms with van der Waals surface area (Å²) in [7, 11) is 0. The van der Waals surface area contributed by atoms with Crippen LogP contribution in [0, 0.1) is 26.1 Å². The summed E-state index contributed by atoms with van der Waals surface area (Å²) in [4.78, 5) is 9.45. The minimum Gasteiger partial charge on any atom is -0.557 e. The van der Waals surface area contributed by atoms with Gasteiger partial charge in [0.05, 0.1) is 22.5 Å². The molecule has 3 aromatic heterocycles. The van der Waals surface area contributed by atoms with E-state index in [0.717, 1.165) is 83.7 Å². The Morgan fingerprint density at radius 1 is 0.554 bits per heavy atom. The molecule has 12 rings (SSSR count). The van der Waals surface area contributed by atoms with Crippen molar-refractivity contribution in [3.8, 4) is 61.7 Å². The molecule has 3 heterocycles. The number of rotatable bonds is 6. The van der Waals surface area contributed by atoms with Crippen molar-refractivity contribution < 1.29 is 28.6 Å². The third kappa shape index (κ3) is 7.98. The molecule has 4 nitrogen and oxygen atoms in total. The second-order valence-electron chi connectivity index (χ2n) is 15.9. The van der Waals surface area contributed by atoms with Gasteiger partial charge >= 0.3 is 0 Å². The van der Waals surface area contributed by atoms with Gasteiger partial charge in [-0.15, -0.1) is 35.9 Å². The molecule has 0 N–H and O–H groups in total. The van der Waals surface area contributed by atoms with Gasteiger partial charge in [0.1, 0.15) is 0 Å². The van der Waals surface area contributed by atoms with Crippen LogP contribution in [0.2, 0.25) is 0 Å². The minimum absolute atomic E-state index is 0. The van der Waals surface area contributed by atoms with Crippen molar-refractivity contribution in [2.24, 2.45) is 0 Å². The fourth-order valence-electron chi connectivity index (χ4n) is 8.72. The van der Waals surface area contributed by atoms with Crippen LogP contribution in [0.25, 0.3) is 105 Å². The van der Waals surface area contributed by atoms with Crippen molar-refractivity contribution >= 4 is 43.5 Å². The van der Waals surface area contributed by atoms with Crippen LogP contribution in [0.3, 0.4) is 0 Å². The van der Waals surface area contributed by atoms with E-state index in [-0.39, 0.29) is 25.7 Å². The molecule has 0 atom stereocenters. The summed E-state index contributed by atoms with van der Waals surface area (Å²) in [6, 6.07) is 74.2. The fourth-order valence-corrected chi connectivity index (χ4v) is 8.72. The molecular weight excluding hydrogens is 971 g/mol. The van der Waals surface area contributed by atoms with Crippen molar-refractivity contribution in [3.05, 3.63) is 236 Å². The summed E-state index contributed by atoms with van der Waals surface area (Å²) >= 11 is 0. The SMILES string of the molecule is Cc1cc(-c2ccccc2)c(-n2c(-c3[c-]oc4ccc(-c5ccc6ccc7ccccc7c6c5)cc34)nc3ccccc32)c(-c2ccccc2)c1.[2H]C([2H])([2H])c1ccc(-c2[c-]cccc2)nc1.[Ir]. The number of aryl methyl sites for hydroxylation is 2. The Hall–Kier alpha value is -7.69. The normalized spacial score (nSPS) is 12.0. The van der Waals surface area contributed by atoms with Gasteiger partial charge in [0.2, 0.25) is 0 Å². The van der Waals surface area contributed by atoms with Gasteiger partial charge < -0.3 is 14.0 Å². The van der Waals surface area contributed by atoms with Crippen LogP contribution >= 0.6 is 0 Å². The number of para-hydroxylation sites is 2. The van der Waals surface area contributed by atoms with Gasteiger partial charge in [0, 0.05) is 53.4 Å². The summed E-state index contributed by atoms with van der Waals surface area (Å²) in [5, 5.41) is 5.94. The first-order chi connectivity index (χ1) is 32.8. The second kappa shape index (κ2) is 17.8. The average Bonchev–Trinajstić information content (AvgIpc) is 3.98. The second-order valence-corrected chi connectivity index (χ2v) is 15.9. The topological polar surface area (TPSA) is 43.9 Å². The molecule has 5 heteroatoms. The third-order valence-electron chi connectivity index (χ3n) is 11.8. The number of fused-ring (bicyclic) bond motifs is 5. The Labute approximate surface area is 396 Å². The van der Waals surface area contributed by atoms with Crippen molar-refractivity contribution in [1.29, 1.82) is 0 Å². The van der Waals surface area contributed by atoms with E-state index in [4.69, 9.17) is 13.5 Å². The van der Waals surface area contributed by atoms with Gasteiger partial charge in [0.25, 0.3) is 0 Å². The molecule has 0 saturated carbocycles. The molecule has 0 aliphatic heterocycles. The number of hydrogen-bond acceptors (Lipinski definition) is 3. The van der Waals surface area contributed by atoms with Crippen LogP contribution in [0.5, 0.6) is 0 Å². The van der Waals surface area contributed by atoms with Gasteiger partial charge in [0.15, 0.2) is 0 Å². The molecule has 0 aliphatic rings. The Kier molecular flexibility index (Phi) is 10.4. The zero-order chi connectivity index (χ0) is 45.5. The van der Waals surface area contributed by atoms with E-state index < -0.39 is 6.85 Å². The van der Waals surface area contributed by atoms with E-state index in [0.29, 0.717) is 0 Å². The summed E-state index contributed by atoms with van der Waals surface area (Å²) < 4.78 is 30.2. The molecule has 313 valence electrons. The minimum atomic E-state index is -2.09. The van der Waals surface area contributed by atoms with Crippen LogP contribution < -0.4 is 0 Å². The van der Waals surface area contributed by atoms with E-state index in [1.165, 1.54) is 33.3 Å². The predicted octanol–water partition coefficient (Wildman–Crippen LogP) is 15.7. The summed E-state index contributed by atoms with van der Waals surface area (Å²) in [5.74, 6) is 0.787. The van der Waals surface area contributed by atoms with Crippen molar-refractivity contribution in [1.82, 2.24) is 14.5 Å². The molecule has 9 aromatic carbocycles. The molecule has 12 aromatic rings. The third-order valence-corrected chi connectivity index (χ3v) is 11.8. The maximum Gasteiger partial charge on any atom is 0.0774 e. The van der Waals surface area contributed by atoms with E-state index in [1.54, 1.807) is 18.2 Å². The number of imidazole rings is 1. The van der Waals surface area contributed by atoms with Crippen LogP contribution in [0.15, 0.2) is 217 Å². The number of hydrogen-bond donors (Lipinski definition) is 0. The maximum absolute atomic E-state index is 7.23. The van der Waals surface area contributed by atoms with Gasteiger partial charge in [-0.25, -0.2) is 0 Å². The Morgan fingerprint density at radius 3 is 1.91 bits per heavy atom. The van der Waals surface area contributed by atoms with Crippen LogP contribution in [0.4, 0.5) is 0 Å². The molecule has 0 spiro atoms. The van der Waals surface area contributed by atoms with Gasteiger partial charge in [-0.3, -0.25) is 4.98 Å². The molecule has 0 saturated heterocycles. The first kappa shape index (κ1) is 37.8. The quantitative estimate of drug-likeness (QED) is 0.123.